The van der Waals surface area contributed by atoms with E-state index in [-0.39, 0.29) is 5.69 Å². The van der Waals surface area contributed by atoms with Crippen molar-refractivity contribution in [1.82, 2.24) is 4.98 Å². The second-order valence-electron chi connectivity index (χ2n) is 3.41. The number of aryl methyl sites for hydroxylation is 1. The number of hydrogen-bond donors (Lipinski definition) is 1. The average Bonchev–Trinajstić information content (AvgIpc) is 2.20. The van der Waals surface area contributed by atoms with E-state index in [1.807, 2.05) is 0 Å². The van der Waals surface area contributed by atoms with Gasteiger partial charge in [-0.1, -0.05) is 0 Å². The standard InChI is InChI=1S/C11H7BrFNO2/c1-5-2-10(11(15)16)14-9-4-8(13)7(12)3-6(5)9/h2-4H,1H3,(H,15,16). The van der Waals surface area contributed by atoms with Crippen LogP contribution in [0.5, 0.6) is 0 Å². The summed E-state index contributed by atoms with van der Waals surface area (Å²) in [5, 5.41) is 9.56. The van der Waals surface area contributed by atoms with Crippen LogP contribution >= 0.6 is 15.9 Å². The van der Waals surface area contributed by atoms with Crippen LogP contribution in [-0.2, 0) is 0 Å². The van der Waals surface area contributed by atoms with E-state index < -0.39 is 11.8 Å². The van der Waals surface area contributed by atoms with Crippen molar-refractivity contribution in [2.75, 3.05) is 0 Å². The molecule has 0 bridgehead atoms. The molecule has 2 aromatic rings. The first-order valence-corrected chi connectivity index (χ1v) is 5.28. The highest BCUT2D eigenvalue weighted by molar-refractivity contribution is 9.10. The number of aromatic nitrogens is 1. The van der Waals surface area contributed by atoms with Crippen molar-refractivity contribution in [3.8, 4) is 0 Å². The van der Waals surface area contributed by atoms with E-state index in [4.69, 9.17) is 5.11 Å². The highest BCUT2D eigenvalue weighted by atomic mass is 79.9. The maximum absolute atomic E-state index is 13.3. The zero-order chi connectivity index (χ0) is 11.9. The molecule has 0 aliphatic carbocycles. The Labute approximate surface area is 99.1 Å². The zero-order valence-electron chi connectivity index (χ0n) is 8.29. The number of benzene rings is 1. The van der Waals surface area contributed by atoms with Crippen LogP contribution < -0.4 is 0 Å². The average molecular weight is 284 g/mol. The summed E-state index contributed by atoms with van der Waals surface area (Å²) in [5.41, 5.74) is 1.02. The highest BCUT2D eigenvalue weighted by Crippen LogP contribution is 2.25. The molecule has 0 atom stereocenters. The number of carboxylic acids is 1. The molecule has 5 heteroatoms. The first kappa shape index (κ1) is 11.0. The molecule has 0 fully saturated rings. The van der Waals surface area contributed by atoms with Gasteiger partial charge in [0.2, 0.25) is 0 Å². The Bertz CT molecular complexity index is 598. The molecule has 0 radical (unpaired) electrons. The Balaban J connectivity index is 2.82. The van der Waals surface area contributed by atoms with Crippen molar-refractivity contribution in [2.24, 2.45) is 0 Å². The van der Waals surface area contributed by atoms with Crippen LogP contribution in [0.25, 0.3) is 10.9 Å². The fraction of sp³-hybridized carbons (Fsp3) is 0.0909. The number of rotatable bonds is 1. The van der Waals surface area contributed by atoms with E-state index in [2.05, 4.69) is 20.9 Å². The molecule has 1 heterocycles. The molecule has 2 rings (SSSR count). The lowest BCUT2D eigenvalue weighted by Gasteiger charge is -2.05. The maximum atomic E-state index is 13.3. The number of fused-ring (bicyclic) bond motifs is 1. The SMILES string of the molecule is Cc1cc(C(=O)O)nc2cc(F)c(Br)cc12. The van der Waals surface area contributed by atoms with Gasteiger partial charge in [0.1, 0.15) is 11.5 Å². The van der Waals surface area contributed by atoms with Gasteiger partial charge in [-0.2, -0.15) is 0 Å². The van der Waals surface area contributed by atoms with Crippen molar-refractivity contribution >= 4 is 32.8 Å². The number of halogens is 2. The van der Waals surface area contributed by atoms with E-state index in [0.29, 0.717) is 9.99 Å². The Morgan fingerprint density at radius 2 is 2.12 bits per heavy atom. The third-order valence-electron chi connectivity index (χ3n) is 2.28. The van der Waals surface area contributed by atoms with Gasteiger partial charge in [-0.05, 0) is 40.5 Å². The summed E-state index contributed by atoms with van der Waals surface area (Å²) in [5.74, 6) is -1.57. The van der Waals surface area contributed by atoms with Crippen LogP contribution in [0.3, 0.4) is 0 Å². The summed E-state index contributed by atoms with van der Waals surface area (Å²) in [6, 6.07) is 4.28. The number of carboxylic acid groups (broad SMARTS) is 1. The van der Waals surface area contributed by atoms with Gasteiger partial charge in [0.15, 0.2) is 0 Å². The monoisotopic (exact) mass is 283 g/mol. The Hall–Kier alpha value is -1.49. The van der Waals surface area contributed by atoms with Crippen molar-refractivity contribution in [1.29, 1.82) is 0 Å². The van der Waals surface area contributed by atoms with Crippen molar-refractivity contribution in [3.63, 3.8) is 0 Å². The van der Waals surface area contributed by atoms with Gasteiger partial charge < -0.3 is 5.11 Å². The van der Waals surface area contributed by atoms with E-state index in [1.165, 1.54) is 12.1 Å². The van der Waals surface area contributed by atoms with Crippen LogP contribution in [0.1, 0.15) is 16.1 Å². The second kappa shape index (κ2) is 3.83. The summed E-state index contributed by atoms with van der Waals surface area (Å²) < 4.78 is 13.6. The number of carbonyl (C=O) groups is 1. The Morgan fingerprint density at radius 1 is 1.44 bits per heavy atom. The molecule has 0 unspecified atom stereocenters. The number of hydrogen-bond acceptors (Lipinski definition) is 2. The lowest BCUT2D eigenvalue weighted by atomic mass is 10.1. The fourth-order valence-corrected chi connectivity index (χ4v) is 1.84. The summed E-state index contributed by atoms with van der Waals surface area (Å²) in [4.78, 5) is 14.7. The normalized spacial score (nSPS) is 10.7. The number of nitrogens with zero attached hydrogens (tertiary/aromatic N) is 1. The van der Waals surface area contributed by atoms with Gasteiger partial charge in [-0.25, -0.2) is 14.2 Å². The number of aromatic carboxylic acids is 1. The molecule has 0 spiro atoms. The van der Waals surface area contributed by atoms with Crippen LogP contribution in [0.2, 0.25) is 0 Å². The third-order valence-corrected chi connectivity index (χ3v) is 2.88. The Kier molecular flexibility index (Phi) is 2.63. The minimum Gasteiger partial charge on any atom is -0.477 e. The van der Waals surface area contributed by atoms with Crippen LogP contribution in [0.4, 0.5) is 4.39 Å². The molecule has 1 N–H and O–H groups in total. The third kappa shape index (κ3) is 1.78. The van der Waals surface area contributed by atoms with Gasteiger partial charge in [0, 0.05) is 11.5 Å². The summed E-state index contributed by atoms with van der Waals surface area (Å²) >= 11 is 3.08. The molecule has 1 aromatic heterocycles. The van der Waals surface area contributed by atoms with Gasteiger partial charge in [0.25, 0.3) is 0 Å². The van der Waals surface area contributed by atoms with E-state index in [9.17, 15) is 9.18 Å². The Morgan fingerprint density at radius 3 is 2.75 bits per heavy atom. The first-order chi connectivity index (χ1) is 7.49. The van der Waals surface area contributed by atoms with Crippen LogP contribution in [0.15, 0.2) is 22.7 Å². The van der Waals surface area contributed by atoms with Gasteiger partial charge in [-0.3, -0.25) is 0 Å². The van der Waals surface area contributed by atoms with E-state index >= 15 is 0 Å². The maximum Gasteiger partial charge on any atom is 0.354 e. The van der Waals surface area contributed by atoms with Crippen molar-refractivity contribution < 1.29 is 14.3 Å². The topological polar surface area (TPSA) is 50.2 Å². The predicted octanol–water partition coefficient (Wildman–Crippen LogP) is 3.14. The van der Waals surface area contributed by atoms with E-state index in [0.717, 1.165) is 10.9 Å². The molecule has 16 heavy (non-hydrogen) atoms. The summed E-state index contributed by atoms with van der Waals surface area (Å²) in [6.45, 7) is 1.76. The molecule has 0 aliphatic rings. The lowest BCUT2D eigenvalue weighted by Crippen LogP contribution is -2.01. The van der Waals surface area contributed by atoms with Gasteiger partial charge >= 0.3 is 5.97 Å². The number of pyridine rings is 1. The molecule has 0 amide bonds. The quantitative estimate of drug-likeness (QED) is 0.875. The largest absolute Gasteiger partial charge is 0.477 e. The predicted molar refractivity (Wildman–Crippen MR) is 61.1 cm³/mol. The fourth-order valence-electron chi connectivity index (χ4n) is 1.50. The molecule has 0 aliphatic heterocycles. The summed E-state index contributed by atoms with van der Waals surface area (Å²) in [6.07, 6.45) is 0. The molecule has 1 aromatic carbocycles. The van der Waals surface area contributed by atoms with Crippen molar-refractivity contribution in [2.45, 2.75) is 6.92 Å². The molecule has 0 saturated heterocycles. The smallest absolute Gasteiger partial charge is 0.354 e. The zero-order valence-corrected chi connectivity index (χ0v) is 9.88. The highest BCUT2D eigenvalue weighted by Gasteiger charge is 2.10. The molecular formula is C11H7BrFNO2. The first-order valence-electron chi connectivity index (χ1n) is 4.48. The van der Waals surface area contributed by atoms with Gasteiger partial charge in [-0.15, -0.1) is 0 Å². The minimum atomic E-state index is -1.12. The molecule has 3 nitrogen and oxygen atoms in total. The molecular weight excluding hydrogens is 277 g/mol. The molecule has 82 valence electrons. The van der Waals surface area contributed by atoms with Crippen molar-refractivity contribution in [3.05, 3.63) is 39.7 Å². The second-order valence-corrected chi connectivity index (χ2v) is 4.27. The lowest BCUT2D eigenvalue weighted by molar-refractivity contribution is 0.0691. The minimum absolute atomic E-state index is 0.0771. The molecule has 0 saturated carbocycles. The van der Waals surface area contributed by atoms with E-state index in [1.54, 1.807) is 13.0 Å². The van der Waals surface area contributed by atoms with Crippen LogP contribution in [-0.4, -0.2) is 16.1 Å². The summed E-state index contributed by atoms with van der Waals surface area (Å²) in [7, 11) is 0. The van der Waals surface area contributed by atoms with Crippen LogP contribution in [0, 0.1) is 12.7 Å². The van der Waals surface area contributed by atoms with Gasteiger partial charge in [0.05, 0.1) is 9.99 Å².